The minimum Gasteiger partial charge on any atom is -0.306 e. The van der Waals surface area contributed by atoms with Crippen LogP contribution < -0.4 is 0 Å². The highest BCUT2D eigenvalue weighted by atomic mass is 35.5. The molecule has 0 aliphatic rings. The summed E-state index contributed by atoms with van der Waals surface area (Å²) in [5, 5.41) is 1.07. The number of rotatable bonds is 0. The van der Waals surface area contributed by atoms with Crippen molar-refractivity contribution in [2.75, 3.05) is 0 Å². The smallest absolute Gasteiger partial charge is 0.138 e. The molecule has 0 bridgehead atoms. The lowest BCUT2D eigenvalue weighted by molar-refractivity contribution is 1.19. The molecule has 0 amide bonds. The van der Waals surface area contributed by atoms with Gasteiger partial charge in [-0.25, -0.2) is 4.98 Å². The van der Waals surface area contributed by atoms with Crippen LogP contribution in [0.1, 0.15) is 0 Å². The average molecular weight is 223 g/mol. The van der Waals surface area contributed by atoms with Crippen LogP contribution in [0.5, 0.6) is 0 Å². The lowest BCUT2D eigenvalue weighted by Crippen LogP contribution is -1.82. The molecule has 0 fully saturated rings. The van der Waals surface area contributed by atoms with Crippen LogP contribution >= 0.6 is 35.6 Å². The molecule has 0 N–H and O–H groups in total. The molecule has 2 aromatic rings. The highest BCUT2D eigenvalue weighted by Gasteiger charge is 1.99. The predicted octanol–water partition coefficient (Wildman–Crippen LogP) is 3.06. The van der Waals surface area contributed by atoms with Gasteiger partial charge in [-0.05, 0) is 0 Å². The Morgan fingerprint density at radius 1 is 1.25 bits per heavy atom. The van der Waals surface area contributed by atoms with Crippen LogP contribution in [0.3, 0.4) is 0 Å². The van der Waals surface area contributed by atoms with Crippen LogP contribution in [0.15, 0.2) is 24.7 Å². The van der Waals surface area contributed by atoms with E-state index >= 15 is 0 Å². The summed E-state index contributed by atoms with van der Waals surface area (Å²) in [7, 11) is 0. The summed E-state index contributed by atoms with van der Waals surface area (Å²) in [6.45, 7) is 0. The van der Waals surface area contributed by atoms with E-state index in [1.54, 1.807) is 18.5 Å². The second kappa shape index (κ2) is 3.52. The summed E-state index contributed by atoms with van der Waals surface area (Å²) in [5.74, 6) is 0. The Morgan fingerprint density at radius 3 is 2.75 bits per heavy atom. The molecule has 0 saturated heterocycles. The molecular formula is C7H5Cl3N2. The maximum absolute atomic E-state index is 5.76. The molecular weight excluding hydrogens is 218 g/mol. The van der Waals surface area contributed by atoms with E-state index in [0.29, 0.717) is 10.0 Å². The van der Waals surface area contributed by atoms with Gasteiger partial charge in [0.25, 0.3) is 0 Å². The molecule has 0 aromatic carbocycles. The van der Waals surface area contributed by atoms with E-state index in [9.17, 15) is 0 Å². The van der Waals surface area contributed by atoms with E-state index in [1.807, 2.05) is 10.6 Å². The molecule has 0 unspecified atom stereocenters. The molecule has 12 heavy (non-hydrogen) atoms. The molecule has 5 heteroatoms. The van der Waals surface area contributed by atoms with Crippen molar-refractivity contribution in [3.05, 3.63) is 34.7 Å². The lowest BCUT2D eigenvalue weighted by atomic mass is 10.5. The molecule has 2 aromatic heterocycles. The number of nitrogens with zero attached hydrogens (tertiary/aromatic N) is 2. The average Bonchev–Trinajstić information content (AvgIpc) is 2.36. The standard InChI is InChI=1S/C7H4Cl2N2.ClH/c8-5-3-7-10-1-2-11(7)4-6(5)9;/h1-4H;1H. The molecule has 0 atom stereocenters. The van der Waals surface area contributed by atoms with Gasteiger partial charge in [0.1, 0.15) is 5.65 Å². The third kappa shape index (κ3) is 1.51. The van der Waals surface area contributed by atoms with Crippen LogP contribution in [0.25, 0.3) is 5.65 Å². The number of aromatic nitrogens is 2. The van der Waals surface area contributed by atoms with Gasteiger partial charge in [-0.15, -0.1) is 12.4 Å². The van der Waals surface area contributed by atoms with Crippen LogP contribution in [-0.4, -0.2) is 9.38 Å². The van der Waals surface area contributed by atoms with E-state index in [1.165, 1.54) is 0 Å². The highest BCUT2D eigenvalue weighted by Crippen LogP contribution is 2.22. The molecule has 0 saturated carbocycles. The van der Waals surface area contributed by atoms with Crippen molar-refractivity contribution in [2.45, 2.75) is 0 Å². The monoisotopic (exact) mass is 222 g/mol. The third-order valence-electron chi connectivity index (χ3n) is 1.44. The SMILES string of the molecule is Cl.Clc1cc2nccn2cc1Cl. The third-order valence-corrected chi connectivity index (χ3v) is 2.15. The van der Waals surface area contributed by atoms with Crippen molar-refractivity contribution < 1.29 is 0 Å². The van der Waals surface area contributed by atoms with E-state index in [2.05, 4.69) is 4.98 Å². The normalized spacial score (nSPS) is 9.83. The van der Waals surface area contributed by atoms with Crippen LogP contribution in [-0.2, 0) is 0 Å². The molecule has 64 valence electrons. The van der Waals surface area contributed by atoms with Crippen LogP contribution in [0.4, 0.5) is 0 Å². The molecule has 2 heterocycles. The summed E-state index contributed by atoms with van der Waals surface area (Å²) in [6, 6.07) is 1.73. The van der Waals surface area contributed by atoms with Gasteiger partial charge in [0.15, 0.2) is 0 Å². The maximum atomic E-state index is 5.76. The minimum absolute atomic E-state index is 0. The van der Waals surface area contributed by atoms with Crippen LogP contribution in [0.2, 0.25) is 10.0 Å². The van der Waals surface area contributed by atoms with Gasteiger partial charge < -0.3 is 4.40 Å². The lowest BCUT2D eigenvalue weighted by Gasteiger charge is -1.96. The first-order chi connectivity index (χ1) is 5.27. The first kappa shape index (κ1) is 9.65. The zero-order valence-corrected chi connectivity index (χ0v) is 8.20. The van der Waals surface area contributed by atoms with Crippen molar-refractivity contribution in [3.8, 4) is 0 Å². The van der Waals surface area contributed by atoms with Gasteiger partial charge in [-0.1, -0.05) is 23.2 Å². The zero-order valence-electron chi connectivity index (χ0n) is 5.87. The Kier molecular flexibility index (Phi) is 2.83. The summed E-state index contributed by atoms with van der Waals surface area (Å²) in [6.07, 6.45) is 5.24. The van der Waals surface area contributed by atoms with E-state index in [4.69, 9.17) is 23.2 Å². The maximum Gasteiger partial charge on any atom is 0.138 e. The first-order valence-electron chi connectivity index (χ1n) is 3.05. The van der Waals surface area contributed by atoms with Gasteiger partial charge in [-0.3, -0.25) is 0 Å². The zero-order chi connectivity index (χ0) is 7.84. The molecule has 2 rings (SSSR count). The van der Waals surface area contributed by atoms with Gasteiger partial charge in [-0.2, -0.15) is 0 Å². The Hall–Kier alpha value is -0.440. The number of imidazole rings is 1. The summed E-state index contributed by atoms with van der Waals surface area (Å²) in [5.41, 5.74) is 0.805. The van der Waals surface area contributed by atoms with Gasteiger partial charge in [0.2, 0.25) is 0 Å². The summed E-state index contributed by atoms with van der Waals surface area (Å²) >= 11 is 11.5. The molecule has 2 nitrogen and oxygen atoms in total. The second-order valence-corrected chi connectivity index (χ2v) is 2.98. The Labute approximate surface area is 85.5 Å². The molecule has 0 aliphatic carbocycles. The van der Waals surface area contributed by atoms with Gasteiger partial charge in [0, 0.05) is 24.7 Å². The fourth-order valence-electron chi connectivity index (χ4n) is 0.912. The Morgan fingerprint density at radius 2 is 2.00 bits per heavy atom. The summed E-state index contributed by atoms with van der Waals surface area (Å²) < 4.78 is 1.81. The number of pyridine rings is 1. The Bertz CT molecular complexity index is 360. The molecule has 0 radical (unpaired) electrons. The predicted molar refractivity (Wildman–Crippen MR) is 52.5 cm³/mol. The van der Waals surface area contributed by atoms with Gasteiger partial charge in [0.05, 0.1) is 10.0 Å². The minimum atomic E-state index is 0. The second-order valence-electron chi connectivity index (χ2n) is 2.16. The number of hydrogen-bond donors (Lipinski definition) is 0. The van der Waals surface area contributed by atoms with E-state index in [-0.39, 0.29) is 12.4 Å². The van der Waals surface area contributed by atoms with Crippen molar-refractivity contribution in [2.24, 2.45) is 0 Å². The number of hydrogen-bond acceptors (Lipinski definition) is 1. The number of fused-ring (bicyclic) bond motifs is 1. The quantitative estimate of drug-likeness (QED) is 0.671. The fourth-order valence-corrected chi connectivity index (χ4v) is 1.22. The largest absolute Gasteiger partial charge is 0.306 e. The highest BCUT2D eigenvalue weighted by molar-refractivity contribution is 6.42. The molecule has 0 aliphatic heterocycles. The van der Waals surface area contributed by atoms with E-state index in [0.717, 1.165) is 5.65 Å². The van der Waals surface area contributed by atoms with Crippen LogP contribution in [0, 0.1) is 0 Å². The van der Waals surface area contributed by atoms with Crippen molar-refractivity contribution in [1.82, 2.24) is 9.38 Å². The fraction of sp³-hybridized carbons (Fsp3) is 0. The van der Waals surface area contributed by atoms with Crippen molar-refractivity contribution in [3.63, 3.8) is 0 Å². The number of halogens is 3. The first-order valence-corrected chi connectivity index (χ1v) is 3.81. The topological polar surface area (TPSA) is 17.3 Å². The Balaban J connectivity index is 0.000000720. The summed E-state index contributed by atoms with van der Waals surface area (Å²) in [4.78, 5) is 4.04. The van der Waals surface area contributed by atoms with E-state index < -0.39 is 0 Å². The molecule has 0 spiro atoms. The van der Waals surface area contributed by atoms with Crippen molar-refractivity contribution in [1.29, 1.82) is 0 Å². The van der Waals surface area contributed by atoms with Crippen molar-refractivity contribution >= 4 is 41.3 Å². The van der Waals surface area contributed by atoms with Gasteiger partial charge >= 0.3 is 0 Å².